The van der Waals surface area contributed by atoms with Crippen LogP contribution in [0.1, 0.15) is 20.3 Å². The van der Waals surface area contributed by atoms with E-state index in [1.807, 2.05) is 37.3 Å². The van der Waals surface area contributed by atoms with E-state index in [0.717, 1.165) is 12.1 Å². The van der Waals surface area contributed by atoms with E-state index in [-0.39, 0.29) is 11.8 Å². The normalized spacial score (nSPS) is 12.0. The number of hydrogen-bond acceptors (Lipinski definition) is 3. The minimum Gasteiger partial charge on any atom is -0.462 e. The number of amides is 1. The summed E-state index contributed by atoms with van der Waals surface area (Å²) >= 11 is 6.11. The maximum Gasteiger partial charge on any atom is 0.260 e. The number of nitrogens with one attached hydrogen (secondary N) is 1. The third-order valence-electron chi connectivity index (χ3n) is 2.87. The molecule has 112 valence electrons. The van der Waals surface area contributed by atoms with Crippen LogP contribution in [0.4, 0.5) is 0 Å². The molecule has 1 aromatic heterocycles. The average Bonchev–Trinajstić information content (AvgIpc) is 2.86. The van der Waals surface area contributed by atoms with Crippen molar-refractivity contribution in [3.8, 4) is 11.6 Å². The predicted molar refractivity (Wildman–Crippen MR) is 82.0 cm³/mol. The van der Waals surface area contributed by atoms with Crippen molar-refractivity contribution in [3.63, 3.8) is 0 Å². The van der Waals surface area contributed by atoms with E-state index in [9.17, 15) is 4.79 Å². The van der Waals surface area contributed by atoms with Gasteiger partial charge in [0, 0.05) is 6.54 Å². The summed E-state index contributed by atoms with van der Waals surface area (Å²) in [5.74, 6) is 0.0712. The van der Waals surface area contributed by atoms with Gasteiger partial charge in [0.25, 0.3) is 11.8 Å². The van der Waals surface area contributed by atoms with E-state index >= 15 is 0 Å². The fourth-order valence-electron chi connectivity index (χ4n) is 1.74. The highest BCUT2D eigenvalue weighted by molar-refractivity contribution is 6.31. The third kappa shape index (κ3) is 3.98. The van der Waals surface area contributed by atoms with Crippen LogP contribution in [-0.4, -0.2) is 28.3 Å². The van der Waals surface area contributed by atoms with E-state index in [1.165, 1.54) is 0 Å². The molecule has 0 aliphatic heterocycles. The first-order chi connectivity index (χ1) is 10.1. The molecule has 0 fully saturated rings. The lowest BCUT2D eigenvalue weighted by molar-refractivity contribution is -0.127. The summed E-state index contributed by atoms with van der Waals surface area (Å²) < 4.78 is 7.15. The fourth-order valence-corrected chi connectivity index (χ4v) is 1.92. The van der Waals surface area contributed by atoms with Crippen LogP contribution in [0.2, 0.25) is 5.02 Å². The van der Waals surface area contributed by atoms with Crippen LogP contribution in [0.5, 0.6) is 5.88 Å². The van der Waals surface area contributed by atoms with Crippen LogP contribution in [-0.2, 0) is 4.79 Å². The molecule has 2 aromatic rings. The Kier molecular flexibility index (Phi) is 5.22. The van der Waals surface area contributed by atoms with E-state index in [2.05, 4.69) is 10.4 Å². The second-order valence-corrected chi connectivity index (χ2v) is 5.02. The summed E-state index contributed by atoms with van der Waals surface area (Å²) in [6, 6.07) is 9.56. The Morgan fingerprint density at radius 1 is 1.43 bits per heavy atom. The van der Waals surface area contributed by atoms with Crippen LogP contribution in [0, 0.1) is 0 Å². The van der Waals surface area contributed by atoms with Gasteiger partial charge in [0.1, 0.15) is 5.02 Å². The number of benzene rings is 1. The Bertz CT molecular complexity index is 598. The van der Waals surface area contributed by atoms with Gasteiger partial charge in [-0.1, -0.05) is 36.7 Å². The lowest BCUT2D eigenvalue weighted by Crippen LogP contribution is -2.36. The third-order valence-corrected chi connectivity index (χ3v) is 3.13. The minimum absolute atomic E-state index is 0.179. The second kappa shape index (κ2) is 7.13. The molecule has 5 nitrogen and oxygen atoms in total. The summed E-state index contributed by atoms with van der Waals surface area (Å²) in [7, 11) is 0. The molecule has 1 amide bonds. The molecule has 0 radical (unpaired) electrons. The van der Waals surface area contributed by atoms with Gasteiger partial charge in [0.2, 0.25) is 0 Å². The molecule has 0 saturated carbocycles. The van der Waals surface area contributed by atoms with Crippen LogP contribution < -0.4 is 10.1 Å². The first kappa shape index (κ1) is 15.4. The number of carbonyl (C=O) groups excluding carboxylic acids is 1. The van der Waals surface area contributed by atoms with Crippen molar-refractivity contribution < 1.29 is 9.53 Å². The zero-order valence-electron chi connectivity index (χ0n) is 12.0. The Morgan fingerprint density at radius 3 is 2.81 bits per heavy atom. The van der Waals surface area contributed by atoms with Gasteiger partial charge in [-0.3, -0.25) is 4.79 Å². The lowest BCUT2D eigenvalue weighted by Gasteiger charge is -2.12. The van der Waals surface area contributed by atoms with Crippen molar-refractivity contribution in [3.05, 3.63) is 41.6 Å². The summed E-state index contributed by atoms with van der Waals surface area (Å²) in [5, 5.41) is 7.40. The Morgan fingerprint density at radius 2 is 2.14 bits per heavy atom. The molecular formula is C15H18ClN3O2. The standard InChI is InChI=1S/C15H18ClN3O2/c1-3-9-17-14(20)11(2)21-15-13(16)10-19(18-15)12-7-5-4-6-8-12/h4-8,10-11H,3,9H2,1-2H3,(H,17,20)/t11-/m1/s1. The molecule has 0 spiro atoms. The van der Waals surface area contributed by atoms with Crippen molar-refractivity contribution >= 4 is 17.5 Å². The number of nitrogens with zero attached hydrogens (tertiary/aromatic N) is 2. The van der Waals surface area contributed by atoms with E-state index in [4.69, 9.17) is 16.3 Å². The molecule has 2 rings (SSSR count). The highest BCUT2D eigenvalue weighted by atomic mass is 35.5. The van der Waals surface area contributed by atoms with Crippen molar-refractivity contribution in [2.45, 2.75) is 26.4 Å². The molecule has 1 atom stereocenters. The number of ether oxygens (including phenoxy) is 1. The van der Waals surface area contributed by atoms with Gasteiger partial charge in [0.05, 0.1) is 11.9 Å². The quantitative estimate of drug-likeness (QED) is 0.893. The monoisotopic (exact) mass is 307 g/mol. The Labute approximate surface area is 128 Å². The topological polar surface area (TPSA) is 56.1 Å². The average molecular weight is 308 g/mol. The lowest BCUT2D eigenvalue weighted by atomic mass is 10.3. The molecule has 0 unspecified atom stereocenters. The summed E-state index contributed by atoms with van der Waals surface area (Å²) in [6.07, 6.45) is 1.89. The number of carbonyl (C=O) groups is 1. The highest BCUT2D eigenvalue weighted by Gasteiger charge is 2.18. The molecule has 0 bridgehead atoms. The maximum absolute atomic E-state index is 11.8. The molecule has 0 aliphatic rings. The first-order valence-corrected chi connectivity index (χ1v) is 7.24. The molecule has 1 aromatic carbocycles. The van der Waals surface area contributed by atoms with E-state index in [0.29, 0.717) is 11.6 Å². The molecule has 1 N–H and O–H groups in total. The van der Waals surface area contributed by atoms with E-state index < -0.39 is 6.10 Å². The van der Waals surface area contributed by atoms with Crippen LogP contribution in [0.25, 0.3) is 5.69 Å². The summed E-state index contributed by atoms with van der Waals surface area (Å²) in [6.45, 7) is 4.28. The smallest absolute Gasteiger partial charge is 0.260 e. The molecule has 6 heteroatoms. The Hall–Kier alpha value is -2.01. The van der Waals surface area contributed by atoms with Crippen LogP contribution in [0.15, 0.2) is 36.5 Å². The number of para-hydroxylation sites is 1. The van der Waals surface area contributed by atoms with Gasteiger partial charge in [0.15, 0.2) is 6.10 Å². The minimum atomic E-state index is -0.645. The largest absolute Gasteiger partial charge is 0.462 e. The van der Waals surface area contributed by atoms with Gasteiger partial charge >= 0.3 is 0 Å². The molecular weight excluding hydrogens is 290 g/mol. The van der Waals surface area contributed by atoms with E-state index in [1.54, 1.807) is 17.8 Å². The number of hydrogen-bond donors (Lipinski definition) is 1. The molecule has 0 saturated heterocycles. The number of halogens is 1. The number of rotatable bonds is 6. The van der Waals surface area contributed by atoms with Gasteiger partial charge in [-0.25, -0.2) is 4.68 Å². The molecule has 21 heavy (non-hydrogen) atoms. The summed E-state index contributed by atoms with van der Waals surface area (Å²) in [5.41, 5.74) is 0.873. The zero-order chi connectivity index (χ0) is 15.2. The van der Waals surface area contributed by atoms with Crippen molar-refractivity contribution in [1.82, 2.24) is 15.1 Å². The van der Waals surface area contributed by atoms with Crippen LogP contribution in [0.3, 0.4) is 0 Å². The highest BCUT2D eigenvalue weighted by Crippen LogP contribution is 2.24. The molecule has 1 heterocycles. The Balaban J connectivity index is 2.08. The summed E-state index contributed by atoms with van der Waals surface area (Å²) in [4.78, 5) is 11.8. The van der Waals surface area contributed by atoms with Crippen molar-refractivity contribution in [2.24, 2.45) is 0 Å². The molecule has 0 aliphatic carbocycles. The second-order valence-electron chi connectivity index (χ2n) is 4.61. The van der Waals surface area contributed by atoms with Crippen molar-refractivity contribution in [1.29, 1.82) is 0 Å². The van der Waals surface area contributed by atoms with Gasteiger partial charge in [-0.15, -0.1) is 5.10 Å². The van der Waals surface area contributed by atoms with Crippen molar-refractivity contribution in [2.75, 3.05) is 6.54 Å². The zero-order valence-corrected chi connectivity index (χ0v) is 12.8. The maximum atomic E-state index is 11.8. The fraction of sp³-hybridized carbons (Fsp3) is 0.333. The van der Waals surface area contributed by atoms with Gasteiger partial charge in [-0.2, -0.15) is 0 Å². The van der Waals surface area contributed by atoms with Crippen LogP contribution >= 0.6 is 11.6 Å². The predicted octanol–water partition coefficient (Wildman–Crippen LogP) is 2.82. The van der Waals surface area contributed by atoms with Gasteiger partial charge < -0.3 is 10.1 Å². The van der Waals surface area contributed by atoms with Gasteiger partial charge in [-0.05, 0) is 25.5 Å². The first-order valence-electron chi connectivity index (χ1n) is 6.86. The SMILES string of the molecule is CCCNC(=O)[C@@H](C)Oc1nn(-c2ccccc2)cc1Cl. The number of aromatic nitrogens is 2.